The lowest BCUT2D eigenvalue weighted by molar-refractivity contribution is 0.619. The van der Waals surface area contributed by atoms with Crippen molar-refractivity contribution in [1.82, 2.24) is 9.78 Å². The fourth-order valence-electron chi connectivity index (χ4n) is 1.55. The molecule has 0 unspecified atom stereocenters. The first-order valence-corrected chi connectivity index (χ1v) is 6.09. The average molecular weight is 251 g/mol. The smallest absolute Gasteiger partial charge is 0.123 e. The van der Waals surface area contributed by atoms with Gasteiger partial charge in [-0.15, -0.1) is 0 Å². The van der Waals surface area contributed by atoms with Gasteiger partial charge in [0.25, 0.3) is 0 Å². The van der Waals surface area contributed by atoms with Crippen LogP contribution in [0.2, 0.25) is 0 Å². The molecule has 3 nitrogen and oxygen atoms in total. The van der Waals surface area contributed by atoms with Crippen LogP contribution in [0.15, 0.2) is 40.4 Å². The Morgan fingerprint density at radius 3 is 2.82 bits per heavy atom. The third-order valence-corrected chi connectivity index (χ3v) is 3.41. The van der Waals surface area contributed by atoms with E-state index in [1.165, 1.54) is 12.1 Å². The van der Waals surface area contributed by atoms with Crippen LogP contribution < -0.4 is 5.73 Å². The van der Waals surface area contributed by atoms with Crippen LogP contribution in [0.25, 0.3) is 0 Å². The van der Waals surface area contributed by atoms with E-state index in [4.69, 9.17) is 5.73 Å². The number of benzene rings is 1. The Labute approximate surface area is 104 Å². The summed E-state index contributed by atoms with van der Waals surface area (Å²) in [7, 11) is 1.86. The largest absolute Gasteiger partial charge is 0.324 e. The molecule has 1 heterocycles. The highest BCUT2D eigenvalue weighted by atomic mass is 32.2. The standard InChI is InChI=1S/C12H14FN3S/c1-8(14)11-5-9(13)3-4-12(11)17-10-6-15-16(2)7-10/h3-8H,14H2,1-2H3/t8-/m1/s1. The molecule has 0 saturated carbocycles. The molecule has 1 aromatic carbocycles. The molecule has 0 amide bonds. The van der Waals surface area contributed by atoms with Crippen molar-refractivity contribution in [2.45, 2.75) is 22.8 Å². The summed E-state index contributed by atoms with van der Waals surface area (Å²) >= 11 is 1.54. The SMILES string of the molecule is C[C@@H](N)c1cc(F)ccc1Sc1cnn(C)c1. The minimum Gasteiger partial charge on any atom is -0.324 e. The predicted octanol–water partition coefficient (Wildman–Crippen LogP) is 2.73. The molecule has 17 heavy (non-hydrogen) atoms. The van der Waals surface area contributed by atoms with E-state index in [0.29, 0.717) is 0 Å². The van der Waals surface area contributed by atoms with Gasteiger partial charge in [-0.05, 0) is 30.7 Å². The minimum atomic E-state index is -0.257. The monoisotopic (exact) mass is 251 g/mol. The second kappa shape index (κ2) is 4.89. The number of aryl methyl sites for hydroxylation is 1. The van der Waals surface area contributed by atoms with Gasteiger partial charge in [-0.3, -0.25) is 4.68 Å². The Balaban J connectivity index is 2.32. The topological polar surface area (TPSA) is 43.8 Å². The van der Waals surface area contributed by atoms with Gasteiger partial charge in [-0.1, -0.05) is 11.8 Å². The van der Waals surface area contributed by atoms with Gasteiger partial charge in [-0.2, -0.15) is 5.10 Å². The Bertz CT molecular complexity index is 522. The summed E-state index contributed by atoms with van der Waals surface area (Å²) in [6, 6.07) is 4.50. The molecule has 0 aliphatic carbocycles. The Kier molecular flexibility index (Phi) is 3.49. The summed E-state index contributed by atoms with van der Waals surface area (Å²) in [6.07, 6.45) is 3.69. The van der Waals surface area contributed by atoms with Crippen LogP contribution in [-0.4, -0.2) is 9.78 Å². The van der Waals surface area contributed by atoms with Crippen molar-refractivity contribution in [2.75, 3.05) is 0 Å². The van der Waals surface area contributed by atoms with E-state index < -0.39 is 0 Å². The second-order valence-electron chi connectivity index (χ2n) is 3.92. The molecule has 0 spiro atoms. The van der Waals surface area contributed by atoms with Gasteiger partial charge >= 0.3 is 0 Å². The third-order valence-electron chi connectivity index (χ3n) is 2.37. The summed E-state index contributed by atoms with van der Waals surface area (Å²) in [5, 5.41) is 4.10. The molecule has 2 N–H and O–H groups in total. The summed E-state index contributed by atoms with van der Waals surface area (Å²) in [4.78, 5) is 1.98. The van der Waals surface area contributed by atoms with Gasteiger partial charge < -0.3 is 5.73 Å². The number of hydrogen-bond acceptors (Lipinski definition) is 3. The van der Waals surface area contributed by atoms with Crippen molar-refractivity contribution >= 4 is 11.8 Å². The molecule has 0 saturated heterocycles. The second-order valence-corrected chi connectivity index (χ2v) is 5.04. The van der Waals surface area contributed by atoms with Crippen molar-refractivity contribution in [3.05, 3.63) is 42.0 Å². The molecule has 0 radical (unpaired) electrons. The Morgan fingerprint density at radius 1 is 1.47 bits per heavy atom. The van der Waals surface area contributed by atoms with E-state index in [1.807, 2.05) is 20.2 Å². The highest BCUT2D eigenvalue weighted by Gasteiger charge is 2.10. The molecular formula is C12H14FN3S. The fourth-order valence-corrected chi connectivity index (χ4v) is 2.60. The van der Waals surface area contributed by atoms with E-state index in [-0.39, 0.29) is 11.9 Å². The average Bonchev–Trinajstić information content (AvgIpc) is 2.66. The van der Waals surface area contributed by atoms with Gasteiger partial charge in [-0.25, -0.2) is 4.39 Å². The summed E-state index contributed by atoms with van der Waals surface area (Å²) in [5.41, 5.74) is 6.66. The van der Waals surface area contributed by atoms with Crippen molar-refractivity contribution in [3.63, 3.8) is 0 Å². The molecule has 0 aliphatic rings. The highest BCUT2D eigenvalue weighted by molar-refractivity contribution is 7.99. The van der Waals surface area contributed by atoms with E-state index in [9.17, 15) is 4.39 Å². The lowest BCUT2D eigenvalue weighted by Gasteiger charge is -2.11. The van der Waals surface area contributed by atoms with Crippen LogP contribution in [-0.2, 0) is 7.05 Å². The van der Waals surface area contributed by atoms with Crippen molar-refractivity contribution in [1.29, 1.82) is 0 Å². The zero-order valence-corrected chi connectivity index (χ0v) is 10.5. The molecule has 5 heteroatoms. The summed E-state index contributed by atoms with van der Waals surface area (Å²) in [6.45, 7) is 1.85. The molecule has 2 rings (SSSR count). The maximum absolute atomic E-state index is 13.2. The molecule has 90 valence electrons. The zero-order valence-electron chi connectivity index (χ0n) is 9.72. The lowest BCUT2D eigenvalue weighted by atomic mass is 10.1. The molecule has 2 aromatic rings. The third kappa shape index (κ3) is 2.87. The first-order valence-electron chi connectivity index (χ1n) is 5.28. The van der Waals surface area contributed by atoms with Crippen LogP contribution in [0.3, 0.4) is 0 Å². The molecule has 0 aliphatic heterocycles. The van der Waals surface area contributed by atoms with E-state index >= 15 is 0 Å². The zero-order chi connectivity index (χ0) is 12.4. The van der Waals surface area contributed by atoms with Gasteiger partial charge in [0, 0.05) is 24.2 Å². The van der Waals surface area contributed by atoms with Gasteiger partial charge in [0.1, 0.15) is 5.82 Å². The van der Waals surface area contributed by atoms with Crippen molar-refractivity contribution < 1.29 is 4.39 Å². The van der Waals surface area contributed by atoms with Gasteiger partial charge in [0.05, 0.1) is 11.1 Å². The normalized spacial score (nSPS) is 12.7. The van der Waals surface area contributed by atoms with Gasteiger partial charge in [0.15, 0.2) is 0 Å². The highest BCUT2D eigenvalue weighted by Crippen LogP contribution is 2.32. The molecule has 1 atom stereocenters. The number of aromatic nitrogens is 2. The van der Waals surface area contributed by atoms with Crippen molar-refractivity contribution in [3.8, 4) is 0 Å². The van der Waals surface area contributed by atoms with E-state index in [1.54, 1.807) is 28.7 Å². The van der Waals surface area contributed by atoms with Crippen molar-refractivity contribution in [2.24, 2.45) is 12.8 Å². The summed E-state index contributed by atoms with van der Waals surface area (Å²) < 4.78 is 14.9. The van der Waals surface area contributed by atoms with Crippen LogP contribution in [0.1, 0.15) is 18.5 Å². The van der Waals surface area contributed by atoms with Crippen LogP contribution >= 0.6 is 11.8 Å². The van der Waals surface area contributed by atoms with E-state index in [2.05, 4.69) is 5.10 Å². The maximum atomic E-state index is 13.2. The minimum absolute atomic E-state index is 0.190. The maximum Gasteiger partial charge on any atom is 0.123 e. The molecular weight excluding hydrogens is 237 g/mol. The van der Waals surface area contributed by atoms with Crippen LogP contribution in [0.4, 0.5) is 4.39 Å². The number of halogens is 1. The fraction of sp³-hybridized carbons (Fsp3) is 0.250. The first-order chi connectivity index (χ1) is 8.06. The van der Waals surface area contributed by atoms with Crippen LogP contribution in [0, 0.1) is 5.82 Å². The van der Waals surface area contributed by atoms with E-state index in [0.717, 1.165) is 15.4 Å². The summed E-state index contributed by atoms with van der Waals surface area (Å²) in [5.74, 6) is -0.257. The number of nitrogens with zero attached hydrogens (tertiary/aromatic N) is 2. The first kappa shape index (κ1) is 12.1. The number of hydrogen-bond donors (Lipinski definition) is 1. The predicted molar refractivity (Wildman–Crippen MR) is 66.3 cm³/mol. The Morgan fingerprint density at radius 2 is 2.24 bits per heavy atom. The Hall–Kier alpha value is -1.33. The lowest BCUT2D eigenvalue weighted by Crippen LogP contribution is -2.06. The molecule has 0 fully saturated rings. The van der Waals surface area contributed by atoms with Gasteiger partial charge in [0.2, 0.25) is 0 Å². The number of nitrogens with two attached hydrogens (primary N) is 1. The molecule has 1 aromatic heterocycles. The van der Waals surface area contributed by atoms with Crippen LogP contribution in [0.5, 0.6) is 0 Å². The quantitative estimate of drug-likeness (QED) is 0.912. The molecule has 0 bridgehead atoms. The number of rotatable bonds is 3.